The van der Waals surface area contributed by atoms with Gasteiger partial charge in [-0.3, -0.25) is 0 Å². The number of guanidine groups is 1. The van der Waals surface area contributed by atoms with Gasteiger partial charge in [-0.05, 0) is 13.3 Å². The average molecular weight is 370 g/mol. The first-order chi connectivity index (χ1) is 10.7. The fourth-order valence-corrected chi connectivity index (χ4v) is 4.48. The summed E-state index contributed by atoms with van der Waals surface area (Å²) in [5.74, 6) is 0.539. The van der Waals surface area contributed by atoms with Crippen LogP contribution in [0.5, 0.6) is 0 Å². The van der Waals surface area contributed by atoms with E-state index < -0.39 is 21.7 Å². The van der Waals surface area contributed by atoms with E-state index in [4.69, 9.17) is 0 Å². The number of rotatable bonds is 4. The maximum Gasteiger partial charge on any atom is 0.434 e. The summed E-state index contributed by atoms with van der Waals surface area (Å²) in [6, 6.07) is -0.236. The predicted octanol–water partition coefficient (Wildman–Crippen LogP) is 1.40. The number of hydrogen-bond donors (Lipinski definition) is 2. The number of nitrogens with one attached hydrogen (secondary N) is 2. The minimum absolute atomic E-state index is 0.00441. The lowest BCUT2D eigenvalue weighted by Gasteiger charge is -2.15. The summed E-state index contributed by atoms with van der Waals surface area (Å²) in [6.07, 6.45) is -3.97. The van der Waals surface area contributed by atoms with Gasteiger partial charge in [0.15, 0.2) is 21.5 Å². The van der Waals surface area contributed by atoms with Crippen LogP contribution < -0.4 is 10.6 Å². The molecule has 2 N–H and O–H groups in total. The van der Waals surface area contributed by atoms with Gasteiger partial charge in [0.2, 0.25) is 0 Å². The largest absolute Gasteiger partial charge is 0.434 e. The zero-order valence-electron chi connectivity index (χ0n) is 12.4. The van der Waals surface area contributed by atoms with Crippen molar-refractivity contribution < 1.29 is 21.6 Å². The summed E-state index contributed by atoms with van der Waals surface area (Å²) in [5, 5.41) is 7.13. The monoisotopic (exact) mass is 370 g/mol. The summed E-state index contributed by atoms with van der Waals surface area (Å²) in [5.41, 5.74) is -0.924. The first kappa shape index (κ1) is 18.0. The van der Waals surface area contributed by atoms with Gasteiger partial charge in [0.25, 0.3) is 0 Å². The highest BCUT2D eigenvalue weighted by Crippen LogP contribution is 2.30. The van der Waals surface area contributed by atoms with E-state index in [1.165, 1.54) is 0 Å². The SMILES string of the molecule is CCNC(=NCc1nc(C(F)(F)F)cs1)NC1CCS(=O)(=O)C1. The topological polar surface area (TPSA) is 83.4 Å². The van der Waals surface area contributed by atoms with Crippen LogP contribution in [-0.4, -0.2) is 43.5 Å². The molecule has 11 heteroatoms. The van der Waals surface area contributed by atoms with Crippen LogP contribution in [0.25, 0.3) is 0 Å². The first-order valence-corrected chi connectivity index (χ1v) is 9.66. The fourth-order valence-electron chi connectivity index (χ4n) is 2.08. The fraction of sp³-hybridized carbons (Fsp3) is 0.667. The Morgan fingerprint density at radius 3 is 2.78 bits per heavy atom. The number of thiazole rings is 1. The molecule has 0 bridgehead atoms. The van der Waals surface area contributed by atoms with Crippen LogP contribution >= 0.6 is 11.3 Å². The lowest BCUT2D eigenvalue weighted by molar-refractivity contribution is -0.140. The number of hydrogen-bond acceptors (Lipinski definition) is 5. The normalized spacial score (nSPS) is 21.4. The van der Waals surface area contributed by atoms with Crippen LogP contribution in [0.1, 0.15) is 24.0 Å². The van der Waals surface area contributed by atoms with E-state index in [1.54, 1.807) is 0 Å². The van der Waals surface area contributed by atoms with Crippen molar-refractivity contribution in [2.45, 2.75) is 32.1 Å². The van der Waals surface area contributed by atoms with Gasteiger partial charge in [0.1, 0.15) is 5.01 Å². The highest BCUT2D eigenvalue weighted by molar-refractivity contribution is 7.91. The van der Waals surface area contributed by atoms with Crippen LogP contribution in [-0.2, 0) is 22.6 Å². The number of aromatic nitrogens is 1. The standard InChI is InChI=1S/C12H17F3N4O2S2/c1-2-16-11(18-8-3-4-23(20,21)7-8)17-5-10-19-9(6-22-10)12(13,14)15/h6,8H,2-5,7H2,1H3,(H2,16,17,18). The summed E-state index contributed by atoms with van der Waals surface area (Å²) in [6.45, 7) is 2.39. The molecule has 1 atom stereocenters. The molecule has 2 heterocycles. The molecule has 130 valence electrons. The molecule has 1 fully saturated rings. The molecule has 2 rings (SSSR count). The van der Waals surface area contributed by atoms with Crippen LogP contribution in [0.2, 0.25) is 0 Å². The summed E-state index contributed by atoms with van der Waals surface area (Å²) in [7, 11) is -3.02. The van der Waals surface area contributed by atoms with Crippen molar-refractivity contribution in [2.75, 3.05) is 18.1 Å². The Bertz CT molecular complexity index is 670. The Hall–Kier alpha value is -1.36. The van der Waals surface area contributed by atoms with Crippen molar-refractivity contribution >= 4 is 27.1 Å². The zero-order chi connectivity index (χ0) is 17.1. The first-order valence-electron chi connectivity index (χ1n) is 6.96. The number of aliphatic imine (C=N–C) groups is 1. The second-order valence-corrected chi connectivity index (χ2v) is 8.24. The lowest BCUT2D eigenvalue weighted by Crippen LogP contribution is -2.44. The Balaban J connectivity index is 2.00. The molecule has 1 aromatic heterocycles. The van der Waals surface area contributed by atoms with E-state index in [2.05, 4.69) is 20.6 Å². The molecular weight excluding hydrogens is 353 g/mol. The van der Waals surface area contributed by atoms with Crippen molar-refractivity contribution in [3.8, 4) is 0 Å². The Morgan fingerprint density at radius 2 is 2.26 bits per heavy atom. The smallest absolute Gasteiger partial charge is 0.357 e. The van der Waals surface area contributed by atoms with E-state index in [9.17, 15) is 21.6 Å². The predicted molar refractivity (Wildman–Crippen MR) is 82.1 cm³/mol. The molecule has 1 aromatic rings. The maximum absolute atomic E-state index is 12.5. The zero-order valence-corrected chi connectivity index (χ0v) is 14.0. The van der Waals surface area contributed by atoms with Crippen molar-refractivity contribution in [3.63, 3.8) is 0 Å². The van der Waals surface area contributed by atoms with Crippen molar-refractivity contribution in [1.82, 2.24) is 15.6 Å². The van der Waals surface area contributed by atoms with Crippen molar-refractivity contribution in [1.29, 1.82) is 0 Å². The van der Waals surface area contributed by atoms with Crippen LogP contribution in [0, 0.1) is 0 Å². The highest BCUT2D eigenvalue weighted by Gasteiger charge is 2.33. The van der Waals surface area contributed by atoms with Crippen LogP contribution in [0.4, 0.5) is 13.2 Å². The molecule has 1 aliphatic rings. The maximum atomic E-state index is 12.5. The van der Waals surface area contributed by atoms with Crippen molar-refractivity contribution in [3.05, 3.63) is 16.1 Å². The van der Waals surface area contributed by atoms with Gasteiger partial charge in [-0.2, -0.15) is 13.2 Å². The average Bonchev–Trinajstić information content (AvgIpc) is 3.02. The summed E-state index contributed by atoms with van der Waals surface area (Å²) >= 11 is 0.889. The number of halogens is 3. The molecule has 1 aliphatic heterocycles. The van der Waals surface area contributed by atoms with E-state index in [0.29, 0.717) is 18.9 Å². The van der Waals surface area contributed by atoms with Gasteiger partial charge in [-0.15, -0.1) is 11.3 Å². The lowest BCUT2D eigenvalue weighted by atomic mass is 10.3. The molecular formula is C12H17F3N4O2S2. The molecule has 0 radical (unpaired) electrons. The van der Waals surface area contributed by atoms with Crippen molar-refractivity contribution in [2.24, 2.45) is 4.99 Å². The minimum atomic E-state index is -4.46. The molecule has 0 spiro atoms. The minimum Gasteiger partial charge on any atom is -0.357 e. The Kier molecular flexibility index (Phi) is 5.50. The Labute approximate surface area is 136 Å². The van der Waals surface area contributed by atoms with Crippen LogP contribution in [0.3, 0.4) is 0 Å². The molecule has 1 unspecified atom stereocenters. The van der Waals surface area contributed by atoms with Gasteiger partial charge in [0, 0.05) is 18.0 Å². The Morgan fingerprint density at radius 1 is 1.52 bits per heavy atom. The molecule has 0 aliphatic carbocycles. The molecule has 6 nitrogen and oxygen atoms in total. The van der Waals surface area contributed by atoms with Gasteiger partial charge >= 0.3 is 6.18 Å². The summed E-state index contributed by atoms with van der Waals surface area (Å²) < 4.78 is 60.4. The molecule has 23 heavy (non-hydrogen) atoms. The highest BCUT2D eigenvalue weighted by atomic mass is 32.2. The second-order valence-electron chi connectivity index (χ2n) is 5.06. The number of nitrogens with zero attached hydrogens (tertiary/aromatic N) is 2. The van der Waals surface area contributed by atoms with Gasteiger partial charge < -0.3 is 10.6 Å². The number of sulfone groups is 1. The van der Waals surface area contributed by atoms with E-state index in [-0.39, 0.29) is 29.1 Å². The molecule has 0 amide bonds. The quantitative estimate of drug-likeness (QED) is 0.618. The molecule has 1 saturated heterocycles. The van der Waals surface area contributed by atoms with E-state index >= 15 is 0 Å². The third kappa shape index (κ3) is 5.34. The summed E-state index contributed by atoms with van der Waals surface area (Å²) in [4.78, 5) is 7.67. The van der Waals surface area contributed by atoms with Gasteiger partial charge in [-0.25, -0.2) is 18.4 Å². The third-order valence-corrected chi connectivity index (χ3v) is 5.73. The van der Waals surface area contributed by atoms with Crippen LogP contribution in [0.15, 0.2) is 10.4 Å². The van der Waals surface area contributed by atoms with Gasteiger partial charge in [-0.1, -0.05) is 0 Å². The van der Waals surface area contributed by atoms with E-state index in [1.807, 2.05) is 6.92 Å². The third-order valence-electron chi connectivity index (χ3n) is 3.13. The number of alkyl halides is 3. The second kappa shape index (κ2) is 7.04. The molecule has 0 saturated carbocycles. The van der Waals surface area contributed by atoms with Gasteiger partial charge in [0.05, 0.1) is 18.1 Å². The van der Waals surface area contributed by atoms with E-state index in [0.717, 1.165) is 16.7 Å². The molecule has 0 aromatic carbocycles.